The van der Waals surface area contributed by atoms with Crippen molar-refractivity contribution >= 4 is 6.03 Å². The lowest BCUT2D eigenvalue weighted by atomic mass is 9.98. The zero-order chi connectivity index (χ0) is 19.3. The van der Waals surface area contributed by atoms with Gasteiger partial charge in [-0.15, -0.1) is 0 Å². The zero-order valence-electron chi connectivity index (χ0n) is 16.1. The summed E-state index contributed by atoms with van der Waals surface area (Å²) in [6.45, 7) is 0.415. The van der Waals surface area contributed by atoms with Gasteiger partial charge in [0.15, 0.2) is 0 Å². The van der Waals surface area contributed by atoms with Gasteiger partial charge in [0.1, 0.15) is 5.75 Å². The van der Waals surface area contributed by atoms with E-state index in [-0.39, 0.29) is 12.1 Å². The van der Waals surface area contributed by atoms with E-state index in [1.165, 1.54) is 19.3 Å². The summed E-state index contributed by atoms with van der Waals surface area (Å²) in [5.41, 5.74) is 3.08. The summed E-state index contributed by atoms with van der Waals surface area (Å²) in [5, 5.41) is 16.1. The second-order valence-electron chi connectivity index (χ2n) is 7.80. The quantitative estimate of drug-likeness (QED) is 0.738. The standard InChI is InChI=1S/C23H28N2O3/c26-21-14-17-8-4-5-12-20(17)22(21)25-23(27)24-15-16-7-6-11-19(13-16)28-18-9-2-1-3-10-18/h4-8,11-13,18,21-22,26H,1-3,9-10,14-15H2,(H2,24,25,27). The van der Waals surface area contributed by atoms with Gasteiger partial charge >= 0.3 is 6.03 Å². The molecule has 0 aliphatic heterocycles. The van der Waals surface area contributed by atoms with Gasteiger partial charge in [0.25, 0.3) is 0 Å². The summed E-state index contributed by atoms with van der Waals surface area (Å²) in [4.78, 5) is 12.4. The molecule has 0 heterocycles. The Morgan fingerprint density at radius 3 is 2.75 bits per heavy atom. The first-order valence-corrected chi connectivity index (χ1v) is 10.2. The first kappa shape index (κ1) is 18.8. The molecule has 0 saturated heterocycles. The highest BCUT2D eigenvalue weighted by Crippen LogP contribution is 2.31. The van der Waals surface area contributed by atoms with Crippen molar-refractivity contribution in [3.63, 3.8) is 0 Å². The van der Waals surface area contributed by atoms with Crippen LogP contribution in [0.2, 0.25) is 0 Å². The number of rotatable bonds is 5. The molecule has 2 unspecified atom stereocenters. The number of ether oxygens (including phenoxy) is 1. The number of amides is 2. The van der Waals surface area contributed by atoms with Gasteiger partial charge in [-0.25, -0.2) is 4.79 Å². The van der Waals surface area contributed by atoms with Crippen LogP contribution in [-0.2, 0) is 13.0 Å². The maximum absolute atomic E-state index is 12.4. The summed E-state index contributed by atoms with van der Waals surface area (Å²) >= 11 is 0. The fraction of sp³-hybridized carbons (Fsp3) is 0.435. The van der Waals surface area contributed by atoms with Crippen molar-refractivity contribution in [1.82, 2.24) is 10.6 Å². The first-order chi connectivity index (χ1) is 13.7. The molecule has 5 nitrogen and oxygen atoms in total. The molecule has 5 heteroatoms. The molecule has 2 amide bonds. The molecule has 0 aromatic heterocycles. The Labute approximate surface area is 166 Å². The van der Waals surface area contributed by atoms with Crippen LogP contribution < -0.4 is 15.4 Å². The fourth-order valence-corrected chi connectivity index (χ4v) is 4.23. The van der Waals surface area contributed by atoms with Crippen LogP contribution in [0.25, 0.3) is 0 Å². The predicted octanol–water partition coefficient (Wildman–Crippen LogP) is 3.86. The van der Waals surface area contributed by atoms with Gasteiger partial charge in [0, 0.05) is 13.0 Å². The molecule has 2 aromatic carbocycles. The van der Waals surface area contributed by atoms with Gasteiger partial charge in [-0.3, -0.25) is 0 Å². The van der Waals surface area contributed by atoms with E-state index in [9.17, 15) is 9.90 Å². The molecule has 2 aliphatic rings. The lowest BCUT2D eigenvalue weighted by Crippen LogP contribution is -2.40. The molecule has 2 atom stereocenters. The minimum absolute atomic E-state index is 0.278. The van der Waals surface area contributed by atoms with Crippen LogP contribution >= 0.6 is 0 Å². The van der Waals surface area contributed by atoms with Crippen molar-refractivity contribution in [3.05, 3.63) is 65.2 Å². The number of nitrogens with one attached hydrogen (secondary N) is 2. The van der Waals surface area contributed by atoms with E-state index >= 15 is 0 Å². The fourth-order valence-electron chi connectivity index (χ4n) is 4.23. The smallest absolute Gasteiger partial charge is 0.315 e. The van der Waals surface area contributed by atoms with E-state index in [2.05, 4.69) is 10.6 Å². The van der Waals surface area contributed by atoms with Gasteiger partial charge in [-0.2, -0.15) is 0 Å². The molecule has 4 rings (SSSR count). The minimum atomic E-state index is -0.588. The highest BCUT2D eigenvalue weighted by molar-refractivity contribution is 5.74. The first-order valence-electron chi connectivity index (χ1n) is 10.2. The van der Waals surface area contributed by atoms with Crippen LogP contribution in [0.15, 0.2) is 48.5 Å². The Bertz CT molecular complexity index is 817. The SMILES string of the molecule is O=C(NCc1cccc(OC2CCCCC2)c1)NC1c2ccccc2CC1O. The Balaban J connectivity index is 1.31. The Morgan fingerprint density at radius 2 is 1.89 bits per heavy atom. The van der Waals surface area contributed by atoms with Crippen LogP contribution in [0.4, 0.5) is 4.79 Å². The Hall–Kier alpha value is -2.53. The topological polar surface area (TPSA) is 70.6 Å². The lowest BCUT2D eigenvalue weighted by molar-refractivity contribution is 0.142. The van der Waals surface area contributed by atoms with Crippen LogP contribution in [0.5, 0.6) is 5.75 Å². The maximum Gasteiger partial charge on any atom is 0.315 e. The predicted molar refractivity (Wildman–Crippen MR) is 108 cm³/mol. The van der Waals surface area contributed by atoms with Crippen LogP contribution in [-0.4, -0.2) is 23.3 Å². The Morgan fingerprint density at radius 1 is 1.07 bits per heavy atom. The van der Waals surface area contributed by atoms with E-state index in [0.29, 0.717) is 19.1 Å². The largest absolute Gasteiger partial charge is 0.490 e. The van der Waals surface area contributed by atoms with Gasteiger partial charge in [0.2, 0.25) is 0 Å². The van der Waals surface area contributed by atoms with Crippen molar-refractivity contribution in [3.8, 4) is 5.75 Å². The molecule has 3 N–H and O–H groups in total. The Kier molecular flexibility index (Phi) is 5.81. The summed E-state index contributed by atoms with van der Waals surface area (Å²) in [6.07, 6.45) is 6.32. The molecule has 1 fully saturated rings. The van der Waals surface area contributed by atoms with Crippen LogP contribution in [0, 0.1) is 0 Å². The number of carbonyl (C=O) groups is 1. The molecule has 0 bridgehead atoms. The number of aliphatic hydroxyl groups is 1. The molecule has 1 saturated carbocycles. The van der Waals surface area contributed by atoms with E-state index in [0.717, 1.165) is 35.3 Å². The van der Waals surface area contributed by atoms with Crippen molar-refractivity contribution < 1.29 is 14.6 Å². The molecule has 2 aromatic rings. The van der Waals surface area contributed by atoms with E-state index in [4.69, 9.17) is 4.74 Å². The third-order valence-corrected chi connectivity index (χ3v) is 5.70. The maximum atomic E-state index is 12.4. The van der Waals surface area contributed by atoms with E-state index < -0.39 is 6.10 Å². The normalized spacial score (nSPS) is 21.8. The monoisotopic (exact) mass is 380 g/mol. The number of hydrogen-bond acceptors (Lipinski definition) is 3. The highest BCUT2D eigenvalue weighted by atomic mass is 16.5. The van der Waals surface area contributed by atoms with Crippen molar-refractivity contribution in [2.24, 2.45) is 0 Å². The number of fused-ring (bicyclic) bond motifs is 1. The van der Waals surface area contributed by atoms with Gasteiger partial charge in [-0.05, 0) is 54.5 Å². The minimum Gasteiger partial charge on any atom is -0.490 e. The van der Waals surface area contributed by atoms with Gasteiger partial charge in [-0.1, -0.05) is 42.8 Å². The zero-order valence-corrected chi connectivity index (χ0v) is 16.1. The third-order valence-electron chi connectivity index (χ3n) is 5.70. The summed E-state index contributed by atoms with van der Waals surface area (Å²) in [7, 11) is 0. The molecule has 0 spiro atoms. The number of hydrogen-bond donors (Lipinski definition) is 3. The number of urea groups is 1. The average molecular weight is 380 g/mol. The van der Waals surface area contributed by atoms with Gasteiger partial charge < -0.3 is 20.5 Å². The van der Waals surface area contributed by atoms with Crippen molar-refractivity contribution in [2.75, 3.05) is 0 Å². The van der Waals surface area contributed by atoms with Gasteiger partial charge in [0.05, 0.1) is 18.2 Å². The number of benzene rings is 2. The van der Waals surface area contributed by atoms with Crippen molar-refractivity contribution in [2.45, 2.75) is 63.3 Å². The molecule has 148 valence electrons. The molecule has 0 radical (unpaired) electrons. The van der Waals surface area contributed by atoms with Crippen LogP contribution in [0.3, 0.4) is 0 Å². The summed E-state index contributed by atoms with van der Waals surface area (Å²) in [5.74, 6) is 0.867. The highest BCUT2D eigenvalue weighted by Gasteiger charge is 2.31. The molecule has 2 aliphatic carbocycles. The molecular formula is C23H28N2O3. The van der Waals surface area contributed by atoms with Crippen molar-refractivity contribution in [1.29, 1.82) is 0 Å². The third kappa shape index (κ3) is 4.47. The van der Waals surface area contributed by atoms with E-state index in [1.54, 1.807) is 0 Å². The molecular weight excluding hydrogens is 352 g/mol. The second-order valence-corrected chi connectivity index (χ2v) is 7.80. The van der Waals surface area contributed by atoms with Crippen LogP contribution in [0.1, 0.15) is 54.8 Å². The van der Waals surface area contributed by atoms with E-state index in [1.807, 2.05) is 48.5 Å². The average Bonchev–Trinajstić information content (AvgIpc) is 3.03. The summed E-state index contributed by atoms with van der Waals surface area (Å²) in [6, 6.07) is 15.1. The second kappa shape index (κ2) is 8.65. The lowest BCUT2D eigenvalue weighted by Gasteiger charge is -2.23. The number of carbonyl (C=O) groups excluding carboxylic acids is 1. The summed E-state index contributed by atoms with van der Waals surface area (Å²) < 4.78 is 6.10. The molecule has 28 heavy (non-hydrogen) atoms. The number of aliphatic hydroxyl groups excluding tert-OH is 1.